The van der Waals surface area contributed by atoms with Crippen molar-refractivity contribution in [3.05, 3.63) is 29.3 Å². The van der Waals surface area contributed by atoms with Crippen LogP contribution in [0.4, 0.5) is 5.69 Å². The molecule has 0 aliphatic heterocycles. The van der Waals surface area contributed by atoms with Crippen molar-refractivity contribution in [2.24, 2.45) is 11.5 Å². The molecule has 0 bridgehead atoms. The summed E-state index contributed by atoms with van der Waals surface area (Å²) >= 11 is 0. The Labute approximate surface area is 100 Å². The Balaban J connectivity index is 2.79. The zero-order chi connectivity index (χ0) is 13.0. The van der Waals surface area contributed by atoms with Gasteiger partial charge in [-0.25, -0.2) is 0 Å². The molecule has 92 valence electrons. The lowest BCUT2D eigenvalue weighted by molar-refractivity contribution is -0.116. The van der Waals surface area contributed by atoms with Crippen LogP contribution in [0.15, 0.2) is 18.2 Å². The highest BCUT2D eigenvalue weighted by Crippen LogP contribution is 2.16. The van der Waals surface area contributed by atoms with E-state index >= 15 is 0 Å². The van der Waals surface area contributed by atoms with Gasteiger partial charge in [0, 0.05) is 23.7 Å². The molecule has 5 nitrogen and oxygen atoms in total. The smallest absolute Gasteiger partial charge is 0.248 e. The van der Waals surface area contributed by atoms with Gasteiger partial charge < -0.3 is 16.8 Å². The summed E-state index contributed by atoms with van der Waals surface area (Å²) in [6, 6.07) is 4.70. The van der Waals surface area contributed by atoms with Gasteiger partial charge in [-0.1, -0.05) is 0 Å². The third kappa shape index (κ3) is 3.88. The van der Waals surface area contributed by atoms with Crippen LogP contribution in [0.3, 0.4) is 0 Å². The number of hydrogen-bond acceptors (Lipinski definition) is 3. The second-order valence-electron chi connectivity index (χ2n) is 4.12. The molecule has 0 aliphatic rings. The molecule has 17 heavy (non-hydrogen) atoms. The third-order valence-corrected chi connectivity index (χ3v) is 2.29. The Bertz CT molecular complexity index is 441. The van der Waals surface area contributed by atoms with Crippen molar-refractivity contribution in [2.75, 3.05) is 5.32 Å². The normalized spacial score (nSPS) is 11.9. The first-order chi connectivity index (χ1) is 7.90. The van der Waals surface area contributed by atoms with Gasteiger partial charge in [-0.3, -0.25) is 9.59 Å². The fraction of sp³-hybridized carbons (Fsp3) is 0.333. The summed E-state index contributed by atoms with van der Waals surface area (Å²) in [5, 5.41) is 2.74. The molecule has 1 atom stereocenters. The zero-order valence-electron chi connectivity index (χ0n) is 9.99. The number of benzene rings is 1. The molecule has 2 amide bonds. The minimum atomic E-state index is -0.485. The number of carbonyl (C=O) groups is 2. The first kappa shape index (κ1) is 13.2. The molecule has 0 saturated carbocycles. The maximum absolute atomic E-state index is 11.5. The van der Waals surface area contributed by atoms with Crippen molar-refractivity contribution in [1.29, 1.82) is 0 Å². The van der Waals surface area contributed by atoms with Gasteiger partial charge in [0.05, 0.1) is 0 Å². The first-order valence-electron chi connectivity index (χ1n) is 5.36. The van der Waals surface area contributed by atoms with E-state index in [9.17, 15) is 9.59 Å². The second-order valence-corrected chi connectivity index (χ2v) is 4.12. The van der Waals surface area contributed by atoms with Crippen molar-refractivity contribution < 1.29 is 9.59 Å². The van der Waals surface area contributed by atoms with E-state index in [0.29, 0.717) is 11.3 Å². The molecule has 0 fully saturated rings. The summed E-state index contributed by atoms with van der Waals surface area (Å²) in [5.41, 5.74) is 12.6. The van der Waals surface area contributed by atoms with Crippen LogP contribution < -0.4 is 16.8 Å². The fourth-order valence-electron chi connectivity index (χ4n) is 1.45. The van der Waals surface area contributed by atoms with Crippen LogP contribution in [0.2, 0.25) is 0 Å². The van der Waals surface area contributed by atoms with Gasteiger partial charge in [0.2, 0.25) is 11.8 Å². The molecule has 0 radical (unpaired) electrons. The zero-order valence-corrected chi connectivity index (χ0v) is 9.99. The number of primary amides is 1. The predicted molar refractivity (Wildman–Crippen MR) is 66.6 cm³/mol. The van der Waals surface area contributed by atoms with Crippen molar-refractivity contribution in [2.45, 2.75) is 26.3 Å². The molecule has 0 aromatic heterocycles. The number of amides is 2. The molecule has 1 aromatic carbocycles. The highest BCUT2D eigenvalue weighted by atomic mass is 16.2. The monoisotopic (exact) mass is 235 g/mol. The summed E-state index contributed by atoms with van der Waals surface area (Å²) in [5.74, 6) is -0.628. The van der Waals surface area contributed by atoms with Crippen LogP contribution in [0, 0.1) is 6.92 Å². The second kappa shape index (κ2) is 5.45. The van der Waals surface area contributed by atoms with Gasteiger partial charge in [0.1, 0.15) is 0 Å². The fourth-order valence-corrected chi connectivity index (χ4v) is 1.45. The largest absolute Gasteiger partial charge is 0.366 e. The number of nitrogens with one attached hydrogen (secondary N) is 1. The summed E-state index contributed by atoms with van der Waals surface area (Å²) in [6.07, 6.45) is 0.261. The molecule has 0 aliphatic carbocycles. The number of nitrogens with two attached hydrogens (primary N) is 2. The maximum atomic E-state index is 11.5. The number of carbonyl (C=O) groups excluding carboxylic acids is 2. The lowest BCUT2D eigenvalue weighted by Crippen LogP contribution is -2.24. The summed E-state index contributed by atoms with van der Waals surface area (Å²) < 4.78 is 0. The van der Waals surface area contributed by atoms with E-state index in [1.807, 2.05) is 0 Å². The van der Waals surface area contributed by atoms with Crippen molar-refractivity contribution in [1.82, 2.24) is 0 Å². The van der Waals surface area contributed by atoms with Crippen molar-refractivity contribution in [3.63, 3.8) is 0 Å². The van der Waals surface area contributed by atoms with Gasteiger partial charge in [0.25, 0.3) is 0 Å². The van der Waals surface area contributed by atoms with E-state index in [2.05, 4.69) is 5.32 Å². The molecule has 0 saturated heterocycles. The molecule has 1 aromatic rings. The number of anilines is 1. The van der Waals surface area contributed by atoms with Gasteiger partial charge in [-0.2, -0.15) is 0 Å². The molecule has 1 unspecified atom stereocenters. The molecular formula is C12H17N3O2. The van der Waals surface area contributed by atoms with Crippen LogP contribution in [-0.4, -0.2) is 17.9 Å². The Kier molecular flexibility index (Phi) is 4.23. The lowest BCUT2D eigenvalue weighted by Gasteiger charge is -2.10. The van der Waals surface area contributed by atoms with E-state index in [1.54, 1.807) is 32.0 Å². The number of aryl methyl sites for hydroxylation is 1. The highest BCUT2D eigenvalue weighted by molar-refractivity contribution is 5.95. The van der Waals surface area contributed by atoms with Crippen LogP contribution in [0.25, 0.3) is 0 Å². The third-order valence-electron chi connectivity index (χ3n) is 2.29. The maximum Gasteiger partial charge on any atom is 0.248 e. The van der Waals surface area contributed by atoms with E-state index in [1.165, 1.54) is 0 Å². The van der Waals surface area contributed by atoms with Crippen LogP contribution in [0.1, 0.15) is 29.3 Å². The van der Waals surface area contributed by atoms with Crippen LogP contribution in [-0.2, 0) is 4.79 Å². The van der Waals surface area contributed by atoms with Gasteiger partial charge in [0.15, 0.2) is 0 Å². The molecular weight excluding hydrogens is 218 g/mol. The standard InChI is InChI=1S/C12H17N3O2/c1-7-5-9(12(14)17)3-4-10(7)15-11(16)6-8(2)13/h3-5,8H,6,13H2,1-2H3,(H2,14,17)(H,15,16). The number of rotatable bonds is 4. The summed E-state index contributed by atoms with van der Waals surface area (Å²) in [6.45, 7) is 3.57. The van der Waals surface area contributed by atoms with E-state index in [0.717, 1.165) is 5.56 Å². The van der Waals surface area contributed by atoms with Crippen molar-refractivity contribution in [3.8, 4) is 0 Å². The molecule has 5 heteroatoms. The average Bonchev–Trinajstić information content (AvgIpc) is 2.19. The van der Waals surface area contributed by atoms with E-state index in [-0.39, 0.29) is 18.4 Å². The Morgan fingerprint density at radius 3 is 2.53 bits per heavy atom. The molecule has 5 N–H and O–H groups in total. The SMILES string of the molecule is Cc1cc(C(N)=O)ccc1NC(=O)CC(C)N. The topological polar surface area (TPSA) is 98.2 Å². The minimum Gasteiger partial charge on any atom is -0.366 e. The minimum absolute atomic E-state index is 0.144. The number of hydrogen-bond donors (Lipinski definition) is 3. The van der Waals surface area contributed by atoms with Gasteiger partial charge >= 0.3 is 0 Å². The predicted octanol–water partition coefficient (Wildman–Crippen LogP) is 0.770. The summed E-state index contributed by atoms with van der Waals surface area (Å²) in [4.78, 5) is 22.5. The lowest BCUT2D eigenvalue weighted by atomic mass is 10.1. The molecule has 1 rings (SSSR count). The van der Waals surface area contributed by atoms with E-state index in [4.69, 9.17) is 11.5 Å². The highest BCUT2D eigenvalue weighted by Gasteiger charge is 2.08. The Morgan fingerprint density at radius 2 is 2.06 bits per heavy atom. The molecule has 0 spiro atoms. The average molecular weight is 235 g/mol. The molecule has 0 heterocycles. The van der Waals surface area contributed by atoms with Gasteiger partial charge in [-0.05, 0) is 37.6 Å². The van der Waals surface area contributed by atoms with E-state index < -0.39 is 5.91 Å². The Morgan fingerprint density at radius 1 is 1.41 bits per heavy atom. The van der Waals surface area contributed by atoms with Crippen LogP contribution >= 0.6 is 0 Å². The Hall–Kier alpha value is -1.88. The summed E-state index contributed by atoms with van der Waals surface area (Å²) in [7, 11) is 0. The quantitative estimate of drug-likeness (QED) is 0.718. The van der Waals surface area contributed by atoms with Crippen LogP contribution in [0.5, 0.6) is 0 Å². The van der Waals surface area contributed by atoms with Gasteiger partial charge in [-0.15, -0.1) is 0 Å². The first-order valence-corrected chi connectivity index (χ1v) is 5.36. The van der Waals surface area contributed by atoms with Crippen molar-refractivity contribution >= 4 is 17.5 Å².